The maximum atomic E-state index is 12.1. The number of aromatic nitrogens is 2. The highest BCUT2D eigenvalue weighted by atomic mass is 32.2. The molecule has 0 aliphatic rings. The molecule has 0 amide bonds. The van der Waals surface area contributed by atoms with Crippen LogP contribution in [0.1, 0.15) is 30.0 Å². The van der Waals surface area contributed by atoms with Crippen LogP contribution in [0.4, 0.5) is 0 Å². The first kappa shape index (κ1) is 14.6. The number of carbonyl (C=O) groups is 1. The number of carboxylic acids is 1. The van der Waals surface area contributed by atoms with E-state index in [0.29, 0.717) is 0 Å². The van der Waals surface area contributed by atoms with E-state index in [1.165, 1.54) is 20.8 Å². The molecule has 1 rings (SSSR count). The number of H-pyrrole nitrogens is 1. The Bertz CT molecular complexity index is 561. The number of aromatic amines is 1. The van der Waals surface area contributed by atoms with E-state index in [0.717, 1.165) is 0 Å². The van der Waals surface area contributed by atoms with Gasteiger partial charge in [0.25, 0.3) is 0 Å². The molecule has 0 atom stereocenters. The number of hydrogen-bond donors (Lipinski definition) is 4. The molecule has 0 saturated carbocycles. The smallest absolute Gasteiger partial charge is 0.357 e. The van der Waals surface area contributed by atoms with Crippen molar-refractivity contribution in [3.8, 4) is 0 Å². The van der Waals surface area contributed by atoms with Gasteiger partial charge in [0, 0.05) is 0 Å². The van der Waals surface area contributed by atoms with E-state index in [2.05, 4.69) is 14.9 Å². The predicted octanol–water partition coefficient (Wildman–Crippen LogP) is -0.534. The monoisotopic (exact) mass is 277 g/mol. The second-order valence-corrected chi connectivity index (χ2v) is 6.10. The van der Waals surface area contributed by atoms with Gasteiger partial charge in [0.1, 0.15) is 4.90 Å². The Hall–Kier alpha value is -1.45. The minimum Gasteiger partial charge on any atom is -0.476 e. The summed E-state index contributed by atoms with van der Waals surface area (Å²) < 4.78 is 26.4. The Morgan fingerprint density at radius 3 is 2.50 bits per heavy atom. The van der Waals surface area contributed by atoms with Gasteiger partial charge in [0.15, 0.2) is 5.69 Å². The Balaban J connectivity index is 3.29. The molecule has 4 N–H and O–H groups in total. The fraction of sp³-hybridized carbons (Fsp3) is 0.556. The molecule has 1 aromatic heterocycles. The van der Waals surface area contributed by atoms with Gasteiger partial charge in [-0.1, -0.05) is 0 Å². The summed E-state index contributed by atoms with van der Waals surface area (Å²) in [5.74, 6) is -1.44. The second kappa shape index (κ2) is 4.67. The van der Waals surface area contributed by atoms with E-state index in [1.807, 2.05) is 0 Å². The summed E-state index contributed by atoms with van der Waals surface area (Å²) in [5, 5.41) is 23.7. The fourth-order valence-electron chi connectivity index (χ4n) is 1.34. The maximum absolute atomic E-state index is 12.1. The molecule has 1 heterocycles. The van der Waals surface area contributed by atoms with Gasteiger partial charge in [-0.05, 0) is 20.8 Å². The lowest BCUT2D eigenvalue weighted by molar-refractivity contribution is 0.0686. The minimum atomic E-state index is -4.08. The SMILES string of the molecule is Cc1[nH]nc(C(=O)O)c1S(=O)(=O)NC(C)(C)CO. The zero-order valence-electron chi connectivity index (χ0n) is 10.2. The quantitative estimate of drug-likeness (QED) is 0.571. The lowest BCUT2D eigenvalue weighted by atomic mass is 10.1. The standard InChI is InChI=1S/C9H15N3O5S/c1-5-7(6(8(14)15)11-10-5)18(16,17)12-9(2,3)4-13/h12-13H,4H2,1-3H3,(H,10,11)(H,14,15). The second-order valence-electron chi connectivity index (χ2n) is 4.48. The molecule has 0 unspecified atom stereocenters. The van der Waals surface area contributed by atoms with Crippen LogP contribution in [-0.2, 0) is 10.0 Å². The Kier molecular flexibility index (Phi) is 3.79. The third-order valence-corrected chi connectivity index (χ3v) is 4.03. The molecular formula is C9H15N3O5S. The molecule has 0 spiro atoms. The van der Waals surface area contributed by atoms with E-state index in [4.69, 9.17) is 10.2 Å². The molecule has 8 nitrogen and oxygen atoms in total. The highest BCUT2D eigenvalue weighted by Crippen LogP contribution is 2.19. The maximum Gasteiger partial charge on any atom is 0.357 e. The molecule has 102 valence electrons. The van der Waals surface area contributed by atoms with Crippen LogP contribution >= 0.6 is 0 Å². The molecule has 9 heteroatoms. The number of carboxylic acid groups (broad SMARTS) is 1. The zero-order valence-corrected chi connectivity index (χ0v) is 11.0. The summed E-state index contributed by atoms with van der Waals surface area (Å²) in [6.07, 6.45) is 0. The summed E-state index contributed by atoms with van der Waals surface area (Å²) in [6.45, 7) is 3.92. The molecule has 0 radical (unpaired) electrons. The molecule has 0 fully saturated rings. The van der Waals surface area contributed by atoms with Gasteiger partial charge in [0.2, 0.25) is 10.0 Å². The first-order chi connectivity index (χ1) is 8.10. The van der Waals surface area contributed by atoms with Gasteiger partial charge >= 0.3 is 5.97 Å². The number of rotatable bonds is 5. The van der Waals surface area contributed by atoms with Gasteiger partial charge < -0.3 is 10.2 Å². The number of aryl methyl sites for hydroxylation is 1. The number of nitrogens with zero attached hydrogens (tertiary/aromatic N) is 1. The van der Waals surface area contributed by atoms with Crippen LogP contribution in [0.25, 0.3) is 0 Å². The van der Waals surface area contributed by atoms with Crippen molar-refractivity contribution < 1.29 is 23.4 Å². The van der Waals surface area contributed by atoms with Crippen molar-refractivity contribution in [3.63, 3.8) is 0 Å². The third-order valence-electron chi connectivity index (χ3n) is 2.17. The largest absolute Gasteiger partial charge is 0.476 e. The lowest BCUT2D eigenvalue weighted by Gasteiger charge is -2.23. The van der Waals surface area contributed by atoms with Crippen LogP contribution in [0.15, 0.2) is 4.90 Å². The Morgan fingerprint density at radius 2 is 2.06 bits per heavy atom. The molecule has 0 aromatic carbocycles. The zero-order chi connectivity index (χ0) is 14.1. The van der Waals surface area contributed by atoms with Crippen LogP contribution in [0.2, 0.25) is 0 Å². The molecular weight excluding hydrogens is 262 g/mol. The number of nitrogens with one attached hydrogen (secondary N) is 2. The average molecular weight is 277 g/mol. The van der Waals surface area contributed by atoms with Gasteiger partial charge in [-0.3, -0.25) is 5.10 Å². The fourth-order valence-corrected chi connectivity index (χ4v) is 3.07. The van der Waals surface area contributed by atoms with Crippen molar-refractivity contribution in [3.05, 3.63) is 11.4 Å². The van der Waals surface area contributed by atoms with Gasteiger partial charge in [-0.15, -0.1) is 0 Å². The first-order valence-corrected chi connectivity index (χ1v) is 6.52. The van der Waals surface area contributed by atoms with Crippen LogP contribution < -0.4 is 4.72 Å². The van der Waals surface area contributed by atoms with Crippen LogP contribution in [0.3, 0.4) is 0 Å². The molecule has 1 aromatic rings. The molecule has 18 heavy (non-hydrogen) atoms. The van der Waals surface area contributed by atoms with Crippen LogP contribution in [0, 0.1) is 6.92 Å². The third kappa shape index (κ3) is 2.86. The van der Waals surface area contributed by atoms with Gasteiger partial charge in [-0.2, -0.15) is 5.10 Å². The van der Waals surface area contributed by atoms with Gasteiger partial charge in [-0.25, -0.2) is 17.9 Å². The molecule has 0 bridgehead atoms. The Labute approximate surface area is 104 Å². The van der Waals surface area contributed by atoms with E-state index >= 15 is 0 Å². The summed E-state index contributed by atoms with van der Waals surface area (Å²) >= 11 is 0. The minimum absolute atomic E-state index is 0.119. The number of aliphatic hydroxyl groups is 1. The summed E-state index contributed by atoms with van der Waals surface area (Å²) in [7, 11) is -4.08. The van der Waals surface area contributed by atoms with E-state index in [1.54, 1.807) is 0 Å². The number of aromatic carboxylic acids is 1. The molecule has 0 saturated heterocycles. The normalized spacial score (nSPS) is 12.7. The Morgan fingerprint density at radius 1 is 1.50 bits per heavy atom. The van der Waals surface area contributed by atoms with E-state index < -0.39 is 38.7 Å². The number of hydrogen-bond acceptors (Lipinski definition) is 5. The van der Waals surface area contributed by atoms with Gasteiger partial charge in [0.05, 0.1) is 17.8 Å². The number of sulfonamides is 1. The van der Waals surface area contributed by atoms with Crippen molar-refractivity contribution >= 4 is 16.0 Å². The van der Waals surface area contributed by atoms with Crippen molar-refractivity contribution in [1.29, 1.82) is 0 Å². The lowest BCUT2D eigenvalue weighted by Crippen LogP contribution is -2.46. The van der Waals surface area contributed by atoms with Crippen LogP contribution in [-0.4, -0.2) is 46.9 Å². The highest BCUT2D eigenvalue weighted by Gasteiger charge is 2.32. The summed E-state index contributed by atoms with van der Waals surface area (Å²) in [6, 6.07) is 0. The highest BCUT2D eigenvalue weighted by molar-refractivity contribution is 7.89. The summed E-state index contributed by atoms with van der Waals surface area (Å²) in [4.78, 5) is 10.5. The van der Waals surface area contributed by atoms with Crippen molar-refractivity contribution in [2.45, 2.75) is 31.2 Å². The first-order valence-electron chi connectivity index (χ1n) is 5.04. The van der Waals surface area contributed by atoms with Crippen molar-refractivity contribution in [2.24, 2.45) is 0 Å². The van der Waals surface area contributed by atoms with Crippen LogP contribution in [0.5, 0.6) is 0 Å². The van der Waals surface area contributed by atoms with E-state index in [-0.39, 0.29) is 5.69 Å². The molecule has 0 aliphatic heterocycles. The topological polar surface area (TPSA) is 132 Å². The van der Waals surface area contributed by atoms with Crippen molar-refractivity contribution in [2.75, 3.05) is 6.61 Å². The predicted molar refractivity (Wildman–Crippen MR) is 61.8 cm³/mol. The van der Waals surface area contributed by atoms with E-state index in [9.17, 15) is 13.2 Å². The number of aliphatic hydroxyl groups excluding tert-OH is 1. The van der Waals surface area contributed by atoms with Crippen molar-refractivity contribution in [1.82, 2.24) is 14.9 Å². The average Bonchev–Trinajstić information content (AvgIpc) is 2.59. The summed E-state index contributed by atoms with van der Waals surface area (Å²) in [5.41, 5.74) is -1.56. The molecule has 0 aliphatic carbocycles.